The zero-order chi connectivity index (χ0) is 14.8. The van der Waals surface area contributed by atoms with Crippen LogP contribution in [0, 0.1) is 5.92 Å². The van der Waals surface area contributed by atoms with E-state index in [2.05, 4.69) is 38.1 Å². The third kappa shape index (κ3) is 3.16. The zero-order valence-electron chi connectivity index (χ0n) is 11.9. The van der Waals surface area contributed by atoms with Crippen LogP contribution in [0.3, 0.4) is 0 Å². The number of hydrogen-bond donors (Lipinski definition) is 2. The van der Waals surface area contributed by atoms with Gasteiger partial charge in [-0.15, -0.1) is 0 Å². The van der Waals surface area contributed by atoms with Crippen molar-refractivity contribution in [3.63, 3.8) is 0 Å². The second-order valence-corrected chi connectivity index (χ2v) is 6.67. The number of hydrogen-bond acceptors (Lipinski definition) is 4. The Morgan fingerprint density at radius 3 is 3.19 bits per heavy atom. The van der Waals surface area contributed by atoms with Gasteiger partial charge in [0.25, 0.3) is 0 Å². The van der Waals surface area contributed by atoms with Gasteiger partial charge < -0.3 is 15.7 Å². The number of oxime groups is 1. The molecular weight excluding hydrogens is 334 g/mol. The van der Waals surface area contributed by atoms with Gasteiger partial charge in [0.15, 0.2) is 0 Å². The molecule has 1 atom stereocenters. The molecule has 0 saturated carbocycles. The summed E-state index contributed by atoms with van der Waals surface area (Å²) in [6.45, 7) is 3.48. The summed E-state index contributed by atoms with van der Waals surface area (Å²) in [4.78, 5) is 2.36. The van der Waals surface area contributed by atoms with E-state index in [-0.39, 0.29) is 5.92 Å². The van der Waals surface area contributed by atoms with E-state index in [0.29, 0.717) is 5.84 Å². The minimum atomic E-state index is 0.143. The van der Waals surface area contributed by atoms with Crippen molar-refractivity contribution in [2.45, 2.75) is 25.8 Å². The molecule has 6 heteroatoms. The maximum Gasteiger partial charge on any atom is 0.143 e. The fourth-order valence-electron chi connectivity index (χ4n) is 3.23. The van der Waals surface area contributed by atoms with Gasteiger partial charge >= 0.3 is 0 Å². The van der Waals surface area contributed by atoms with Crippen molar-refractivity contribution in [1.29, 1.82) is 0 Å². The van der Waals surface area contributed by atoms with Gasteiger partial charge in [-0.25, -0.2) is 0 Å². The molecule has 1 fully saturated rings. The van der Waals surface area contributed by atoms with Gasteiger partial charge in [0.05, 0.1) is 6.61 Å². The Morgan fingerprint density at radius 1 is 1.52 bits per heavy atom. The zero-order valence-corrected chi connectivity index (χ0v) is 13.5. The van der Waals surface area contributed by atoms with Crippen LogP contribution >= 0.6 is 15.9 Å². The molecule has 0 amide bonds. The third-order valence-corrected chi connectivity index (χ3v) is 4.72. The number of likely N-dealkylation sites (tertiary alicyclic amines) is 1. The molecule has 5 nitrogen and oxygen atoms in total. The van der Waals surface area contributed by atoms with E-state index in [4.69, 9.17) is 15.7 Å². The lowest BCUT2D eigenvalue weighted by molar-refractivity contribution is 0.190. The highest BCUT2D eigenvalue weighted by Gasteiger charge is 2.25. The van der Waals surface area contributed by atoms with Gasteiger partial charge in [-0.2, -0.15) is 0 Å². The lowest BCUT2D eigenvalue weighted by Crippen LogP contribution is -2.40. The Labute approximate surface area is 132 Å². The molecule has 0 aliphatic carbocycles. The highest BCUT2D eigenvalue weighted by molar-refractivity contribution is 9.10. The van der Waals surface area contributed by atoms with Crippen molar-refractivity contribution in [3.05, 3.63) is 27.7 Å². The topological polar surface area (TPSA) is 71.1 Å². The lowest BCUT2D eigenvalue weighted by Gasteiger charge is -2.32. The summed E-state index contributed by atoms with van der Waals surface area (Å²) in [6.07, 6.45) is 3.03. The lowest BCUT2D eigenvalue weighted by atomic mass is 9.96. The maximum absolute atomic E-state index is 8.84. The smallest absolute Gasteiger partial charge is 0.143 e. The Bertz CT molecular complexity index is 562. The number of nitrogens with two attached hydrogens (primary N) is 1. The molecule has 2 aliphatic rings. The van der Waals surface area contributed by atoms with Crippen LogP contribution in [0.5, 0.6) is 5.75 Å². The third-order valence-electron chi connectivity index (χ3n) is 4.26. The largest absolute Gasteiger partial charge is 0.493 e. The maximum atomic E-state index is 8.84. The quantitative estimate of drug-likeness (QED) is 0.378. The number of piperidine rings is 1. The Balaban J connectivity index is 1.75. The molecule has 0 aromatic heterocycles. The molecule has 0 spiro atoms. The first-order valence-electron chi connectivity index (χ1n) is 7.31. The van der Waals surface area contributed by atoms with E-state index in [9.17, 15) is 0 Å². The van der Waals surface area contributed by atoms with Crippen LogP contribution in [-0.2, 0) is 13.0 Å². The average molecular weight is 354 g/mol. The number of fused-ring (bicyclic) bond motifs is 1. The first-order chi connectivity index (χ1) is 10.2. The Hall–Kier alpha value is -1.27. The predicted octanol–water partition coefficient (Wildman–Crippen LogP) is 2.34. The van der Waals surface area contributed by atoms with E-state index < -0.39 is 0 Å². The highest BCUT2D eigenvalue weighted by Crippen LogP contribution is 2.34. The summed E-state index contributed by atoms with van der Waals surface area (Å²) in [5, 5.41) is 12.0. The number of halogens is 1. The van der Waals surface area contributed by atoms with Gasteiger partial charge in [-0.3, -0.25) is 4.90 Å². The van der Waals surface area contributed by atoms with E-state index >= 15 is 0 Å². The second kappa shape index (κ2) is 6.23. The fourth-order valence-corrected chi connectivity index (χ4v) is 3.78. The van der Waals surface area contributed by atoms with Crippen LogP contribution in [-0.4, -0.2) is 35.6 Å². The molecule has 1 unspecified atom stereocenters. The van der Waals surface area contributed by atoms with Crippen molar-refractivity contribution in [2.75, 3.05) is 19.7 Å². The van der Waals surface area contributed by atoms with Gasteiger partial charge in [0.2, 0.25) is 0 Å². The summed E-state index contributed by atoms with van der Waals surface area (Å²) in [7, 11) is 0. The molecule has 0 bridgehead atoms. The van der Waals surface area contributed by atoms with Crippen LogP contribution in [0.15, 0.2) is 21.8 Å². The number of benzene rings is 1. The van der Waals surface area contributed by atoms with Crippen molar-refractivity contribution >= 4 is 21.8 Å². The van der Waals surface area contributed by atoms with Crippen molar-refractivity contribution < 1.29 is 9.94 Å². The summed E-state index contributed by atoms with van der Waals surface area (Å²) in [5.74, 6) is 1.53. The highest BCUT2D eigenvalue weighted by atomic mass is 79.9. The van der Waals surface area contributed by atoms with Crippen LogP contribution in [0.4, 0.5) is 0 Å². The van der Waals surface area contributed by atoms with Crippen molar-refractivity contribution in [3.8, 4) is 5.75 Å². The summed E-state index contributed by atoms with van der Waals surface area (Å²) in [6, 6.07) is 4.28. The minimum Gasteiger partial charge on any atom is -0.493 e. The number of ether oxygens (including phenoxy) is 1. The average Bonchev–Trinajstić information content (AvgIpc) is 2.95. The van der Waals surface area contributed by atoms with E-state index in [1.165, 1.54) is 11.1 Å². The second-order valence-electron chi connectivity index (χ2n) is 5.75. The van der Waals surface area contributed by atoms with Gasteiger partial charge in [0, 0.05) is 35.5 Å². The standard InChI is InChI=1S/C15H20BrN3O2/c16-13-6-10-3-5-21-14(10)12(7-13)9-19-4-1-2-11(8-19)15(17)18-20/h6-7,11,20H,1-5,8-9H2,(H2,17,18). The molecule has 114 valence electrons. The van der Waals surface area contributed by atoms with Crippen molar-refractivity contribution in [1.82, 2.24) is 4.90 Å². The first kappa shape index (κ1) is 14.7. The summed E-state index contributed by atoms with van der Waals surface area (Å²) < 4.78 is 6.89. The molecule has 21 heavy (non-hydrogen) atoms. The van der Waals surface area contributed by atoms with Crippen LogP contribution < -0.4 is 10.5 Å². The summed E-state index contributed by atoms with van der Waals surface area (Å²) in [5.41, 5.74) is 8.26. The Kier molecular flexibility index (Phi) is 4.35. The van der Waals surface area contributed by atoms with Crippen LogP contribution in [0.2, 0.25) is 0 Å². The Morgan fingerprint density at radius 2 is 2.38 bits per heavy atom. The van der Waals surface area contributed by atoms with E-state index in [1.54, 1.807) is 0 Å². The normalized spacial score (nSPS) is 22.9. The first-order valence-corrected chi connectivity index (χ1v) is 8.10. The van der Waals surface area contributed by atoms with Gasteiger partial charge in [-0.05, 0) is 37.1 Å². The van der Waals surface area contributed by atoms with E-state index in [1.807, 2.05) is 0 Å². The van der Waals surface area contributed by atoms with Gasteiger partial charge in [-0.1, -0.05) is 21.1 Å². The molecule has 2 aliphatic heterocycles. The number of rotatable bonds is 3. The molecule has 3 rings (SSSR count). The van der Waals surface area contributed by atoms with E-state index in [0.717, 1.165) is 55.7 Å². The molecule has 3 N–H and O–H groups in total. The van der Waals surface area contributed by atoms with Crippen molar-refractivity contribution in [2.24, 2.45) is 16.8 Å². The van der Waals surface area contributed by atoms with Crippen LogP contribution in [0.1, 0.15) is 24.0 Å². The molecule has 1 aromatic carbocycles. The minimum absolute atomic E-state index is 0.143. The van der Waals surface area contributed by atoms with Crippen LogP contribution in [0.25, 0.3) is 0 Å². The molecule has 1 aromatic rings. The monoisotopic (exact) mass is 353 g/mol. The molecule has 2 heterocycles. The molecule has 1 saturated heterocycles. The number of amidine groups is 1. The summed E-state index contributed by atoms with van der Waals surface area (Å²) >= 11 is 3.58. The number of nitrogens with zero attached hydrogens (tertiary/aromatic N) is 2. The SMILES string of the molecule is N/C(=N/O)C1CCCN(Cc2cc(Br)cc3c2OCC3)C1. The fraction of sp³-hybridized carbons (Fsp3) is 0.533. The van der Waals surface area contributed by atoms with Gasteiger partial charge in [0.1, 0.15) is 11.6 Å². The molecular formula is C15H20BrN3O2. The predicted molar refractivity (Wildman–Crippen MR) is 84.8 cm³/mol. The molecule has 0 radical (unpaired) electrons.